The fourth-order valence-electron chi connectivity index (χ4n) is 2.40. The zero-order chi connectivity index (χ0) is 13.5. The molecule has 0 atom stereocenters. The lowest BCUT2D eigenvalue weighted by Gasteiger charge is -2.24. The van der Waals surface area contributed by atoms with Gasteiger partial charge in [0.1, 0.15) is 17.3 Å². The maximum Gasteiger partial charge on any atom is 0.132 e. The summed E-state index contributed by atoms with van der Waals surface area (Å²) < 4.78 is 2.09. The van der Waals surface area contributed by atoms with Gasteiger partial charge in [-0.1, -0.05) is 23.8 Å². The molecule has 0 saturated carbocycles. The fraction of sp³-hybridized carbons (Fsp3) is 0.400. The van der Waals surface area contributed by atoms with E-state index in [1.807, 2.05) is 13.0 Å². The van der Waals surface area contributed by atoms with Gasteiger partial charge in [0.15, 0.2) is 0 Å². The number of benzene rings is 1. The first-order chi connectivity index (χ1) is 8.30. The van der Waals surface area contributed by atoms with Gasteiger partial charge in [-0.3, -0.25) is 0 Å². The van der Waals surface area contributed by atoms with Gasteiger partial charge in [-0.15, -0.1) is 0 Å². The summed E-state index contributed by atoms with van der Waals surface area (Å²) in [4.78, 5) is 4.63. The summed E-state index contributed by atoms with van der Waals surface area (Å²) in [6, 6.07) is 8.28. The first-order valence-corrected chi connectivity index (χ1v) is 6.23. The summed E-state index contributed by atoms with van der Waals surface area (Å²) in [5.41, 5.74) is 9.40. The first kappa shape index (κ1) is 12.7. The quantitative estimate of drug-likeness (QED) is 0.833. The number of aryl methyl sites for hydroxylation is 2. The monoisotopic (exact) mass is 243 g/mol. The molecule has 0 radical (unpaired) electrons. The van der Waals surface area contributed by atoms with Crippen molar-refractivity contribution < 1.29 is 0 Å². The molecule has 0 aliphatic rings. The van der Waals surface area contributed by atoms with Crippen LogP contribution in [0.3, 0.4) is 0 Å². The minimum atomic E-state index is -0.0523. The van der Waals surface area contributed by atoms with Crippen LogP contribution in [0, 0.1) is 13.8 Å². The number of rotatable bonds is 1. The van der Waals surface area contributed by atoms with Crippen LogP contribution in [0.4, 0.5) is 5.82 Å². The Bertz CT molecular complexity index is 574. The van der Waals surface area contributed by atoms with E-state index in [1.54, 1.807) is 0 Å². The molecule has 18 heavy (non-hydrogen) atoms. The Hall–Kier alpha value is -1.77. The van der Waals surface area contributed by atoms with E-state index in [-0.39, 0.29) is 5.54 Å². The third kappa shape index (κ3) is 2.13. The van der Waals surface area contributed by atoms with Crippen LogP contribution in [0.15, 0.2) is 24.3 Å². The van der Waals surface area contributed by atoms with Gasteiger partial charge in [-0.05, 0) is 40.7 Å². The van der Waals surface area contributed by atoms with Crippen LogP contribution in [0.25, 0.3) is 11.3 Å². The average molecular weight is 243 g/mol. The van der Waals surface area contributed by atoms with E-state index >= 15 is 0 Å². The molecule has 96 valence electrons. The van der Waals surface area contributed by atoms with E-state index in [4.69, 9.17) is 5.73 Å². The smallest absolute Gasteiger partial charge is 0.132 e. The minimum Gasteiger partial charge on any atom is -0.383 e. The molecule has 3 nitrogen and oxygen atoms in total. The number of hydrogen-bond acceptors (Lipinski definition) is 2. The highest BCUT2D eigenvalue weighted by Crippen LogP contribution is 2.31. The van der Waals surface area contributed by atoms with Gasteiger partial charge in [0.2, 0.25) is 0 Å². The Morgan fingerprint density at radius 3 is 2.33 bits per heavy atom. The molecule has 0 saturated heterocycles. The topological polar surface area (TPSA) is 43.8 Å². The first-order valence-electron chi connectivity index (χ1n) is 6.23. The van der Waals surface area contributed by atoms with E-state index in [0.29, 0.717) is 0 Å². The van der Waals surface area contributed by atoms with Crippen LogP contribution in [0.5, 0.6) is 0 Å². The number of nitrogen functional groups attached to an aromatic ring is 1. The van der Waals surface area contributed by atoms with Crippen molar-refractivity contribution in [3.8, 4) is 11.3 Å². The van der Waals surface area contributed by atoms with Crippen molar-refractivity contribution in [2.45, 2.75) is 40.2 Å². The highest BCUT2D eigenvalue weighted by Gasteiger charge is 2.22. The minimum absolute atomic E-state index is 0.0523. The lowest BCUT2D eigenvalue weighted by Crippen LogP contribution is -2.24. The third-order valence-electron chi connectivity index (χ3n) is 3.04. The Morgan fingerprint density at radius 1 is 1.17 bits per heavy atom. The summed E-state index contributed by atoms with van der Waals surface area (Å²) >= 11 is 0. The van der Waals surface area contributed by atoms with Crippen LogP contribution >= 0.6 is 0 Å². The number of imidazole rings is 1. The van der Waals surface area contributed by atoms with Gasteiger partial charge >= 0.3 is 0 Å². The predicted molar refractivity (Wildman–Crippen MR) is 76.5 cm³/mol. The summed E-state index contributed by atoms with van der Waals surface area (Å²) in [6.07, 6.45) is 0. The molecule has 0 spiro atoms. The predicted octanol–water partition coefficient (Wildman–Crippen LogP) is 3.50. The van der Waals surface area contributed by atoms with Gasteiger partial charge < -0.3 is 10.3 Å². The molecule has 0 unspecified atom stereocenters. The molecule has 3 heteroatoms. The molecule has 0 fully saturated rings. The van der Waals surface area contributed by atoms with Crippen LogP contribution in [-0.4, -0.2) is 9.55 Å². The number of nitrogens with zero attached hydrogens (tertiary/aromatic N) is 2. The Kier molecular flexibility index (Phi) is 2.93. The maximum absolute atomic E-state index is 6.27. The van der Waals surface area contributed by atoms with Crippen LogP contribution in [-0.2, 0) is 5.54 Å². The lowest BCUT2D eigenvalue weighted by molar-refractivity contribution is 0.393. The molecule has 0 amide bonds. The molecule has 2 rings (SSSR count). The van der Waals surface area contributed by atoms with Crippen molar-refractivity contribution in [2.24, 2.45) is 0 Å². The zero-order valence-electron chi connectivity index (χ0n) is 11.8. The van der Waals surface area contributed by atoms with Gasteiger partial charge in [0.05, 0.1) is 0 Å². The lowest BCUT2D eigenvalue weighted by atomic mass is 10.1. The second kappa shape index (κ2) is 4.16. The number of aromatic nitrogens is 2. The second-order valence-corrected chi connectivity index (χ2v) is 5.77. The Morgan fingerprint density at radius 2 is 1.83 bits per heavy atom. The van der Waals surface area contributed by atoms with Gasteiger partial charge in [-0.25, -0.2) is 4.98 Å². The molecule has 2 aromatic rings. The van der Waals surface area contributed by atoms with Crippen molar-refractivity contribution in [2.75, 3.05) is 5.73 Å². The normalized spacial score (nSPS) is 11.8. The van der Waals surface area contributed by atoms with Crippen molar-refractivity contribution in [3.05, 3.63) is 35.7 Å². The molecule has 1 heterocycles. The van der Waals surface area contributed by atoms with E-state index in [9.17, 15) is 0 Å². The molecule has 0 aliphatic carbocycles. The van der Waals surface area contributed by atoms with E-state index in [1.165, 1.54) is 5.56 Å². The number of hydrogen-bond donors (Lipinski definition) is 1. The zero-order valence-corrected chi connectivity index (χ0v) is 11.8. The van der Waals surface area contributed by atoms with Crippen LogP contribution in [0.1, 0.15) is 32.2 Å². The highest BCUT2D eigenvalue weighted by atomic mass is 15.2. The molecule has 2 N–H and O–H groups in total. The maximum atomic E-state index is 6.27. The van der Waals surface area contributed by atoms with Crippen molar-refractivity contribution in [1.82, 2.24) is 9.55 Å². The second-order valence-electron chi connectivity index (χ2n) is 5.77. The molecular weight excluding hydrogens is 222 g/mol. The summed E-state index contributed by atoms with van der Waals surface area (Å²) in [7, 11) is 0. The van der Waals surface area contributed by atoms with Crippen LogP contribution < -0.4 is 5.73 Å². The molecule has 0 bridgehead atoms. The Labute approximate surface area is 109 Å². The van der Waals surface area contributed by atoms with Crippen molar-refractivity contribution in [3.63, 3.8) is 0 Å². The molecule has 1 aromatic carbocycles. The SMILES string of the molecule is Cc1cccc(-c2nc(C)n(C(C)(C)C)c2N)c1. The van der Waals surface area contributed by atoms with Gasteiger partial charge in [0, 0.05) is 11.1 Å². The van der Waals surface area contributed by atoms with Crippen molar-refractivity contribution in [1.29, 1.82) is 0 Å². The highest BCUT2D eigenvalue weighted by molar-refractivity contribution is 5.71. The molecular formula is C15H21N3. The largest absolute Gasteiger partial charge is 0.383 e. The Balaban J connectivity index is 2.61. The van der Waals surface area contributed by atoms with Gasteiger partial charge in [-0.2, -0.15) is 0 Å². The number of nitrogens with two attached hydrogens (primary N) is 1. The van der Waals surface area contributed by atoms with E-state index in [2.05, 4.69) is 55.4 Å². The standard InChI is InChI=1S/C15H21N3/c1-10-7-6-8-12(9-10)13-14(16)18(11(2)17-13)15(3,4)5/h6-9H,16H2,1-5H3. The summed E-state index contributed by atoms with van der Waals surface area (Å²) in [6.45, 7) is 10.5. The van der Waals surface area contributed by atoms with Gasteiger partial charge in [0.25, 0.3) is 0 Å². The molecule has 0 aliphatic heterocycles. The van der Waals surface area contributed by atoms with Crippen molar-refractivity contribution >= 4 is 5.82 Å². The van der Waals surface area contributed by atoms with E-state index < -0.39 is 0 Å². The molecule has 1 aromatic heterocycles. The number of anilines is 1. The fourth-order valence-corrected chi connectivity index (χ4v) is 2.40. The summed E-state index contributed by atoms with van der Waals surface area (Å²) in [5.74, 6) is 1.70. The average Bonchev–Trinajstić information content (AvgIpc) is 2.53. The van der Waals surface area contributed by atoms with E-state index in [0.717, 1.165) is 22.9 Å². The third-order valence-corrected chi connectivity index (χ3v) is 3.04. The summed E-state index contributed by atoms with van der Waals surface area (Å²) in [5, 5.41) is 0. The van der Waals surface area contributed by atoms with Crippen LogP contribution in [0.2, 0.25) is 0 Å².